The van der Waals surface area contributed by atoms with Crippen LogP contribution in [-0.2, 0) is 6.54 Å². The van der Waals surface area contributed by atoms with Crippen LogP contribution in [-0.4, -0.2) is 16.7 Å². The topological polar surface area (TPSA) is 64.5 Å². The van der Waals surface area contributed by atoms with Gasteiger partial charge in [-0.3, -0.25) is 5.10 Å². The molecule has 0 unspecified atom stereocenters. The molecule has 0 aliphatic heterocycles. The Kier molecular flexibility index (Phi) is 5.33. The Morgan fingerprint density at radius 3 is 2.80 bits per heavy atom. The van der Waals surface area contributed by atoms with E-state index in [1.54, 1.807) is 0 Å². The fourth-order valence-corrected chi connectivity index (χ4v) is 2.09. The van der Waals surface area contributed by atoms with Gasteiger partial charge in [0, 0.05) is 18.5 Å². The average molecular weight is 268 g/mol. The van der Waals surface area contributed by atoms with Gasteiger partial charge in [-0.05, 0) is 31.9 Å². The first-order chi connectivity index (χ1) is 9.81. The Hall–Kier alpha value is -2.12. The van der Waals surface area contributed by atoms with Crippen LogP contribution in [0.15, 0.2) is 30.5 Å². The van der Waals surface area contributed by atoms with Gasteiger partial charge in [0.15, 0.2) is 0 Å². The fourth-order valence-electron chi connectivity index (χ4n) is 2.09. The molecule has 4 heteroatoms. The number of aromatic nitrogens is 2. The van der Waals surface area contributed by atoms with Crippen molar-refractivity contribution in [1.29, 1.82) is 5.26 Å². The van der Waals surface area contributed by atoms with Gasteiger partial charge in [0.2, 0.25) is 0 Å². The van der Waals surface area contributed by atoms with Gasteiger partial charge in [0.05, 0.1) is 18.0 Å². The molecule has 1 aromatic heterocycles. The highest BCUT2D eigenvalue weighted by Gasteiger charge is 2.06. The maximum absolute atomic E-state index is 8.47. The van der Waals surface area contributed by atoms with Crippen LogP contribution >= 0.6 is 0 Å². The molecule has 0 saturated carbocycles. The molecule has 2 rings (SSSR count). The van der Waals surface area contributed by atoms with Crippen LogP contribution in [0.4, 0.5) is 0 Å². The maximum atomic E-state index is 8.47. The van der Waals surface area contributed by atoms with Gasteiger partial charge in [-0.1, -0.05) is 29.8 Å². The zero-order valence-corrected chi connectivity index (χ0v) is 11.8. The lowest BCUT2D eigenvalue weighted by molar-refractivity contribution is 0.629. The third-order valence-electron chi connectivity index (χ3n) is 3.27. The first kappa shape index (κ1) is 14.3. The smallest absolute Gasteiger partial charge is 0.0695 e. The Labute approximate surface area is 119 Å². The Bertz CT molecular complexity index is 563. The third kappa shape index (κ3) is 3.94. The molecular formula is C16H20N4. The summed E-state index contributed by atoms with van der Waals surface area (Å²) in [5.74, 6) is 0. The number of rotatable bonds is 7. The van der Waals surface area contributed by atoms with E-state index in [0.29, 0.717) is 6.42 Å². The van der Waals surface area contributed by atoms with Gasteiger partial charge in [0.25, 0.3) is 0 Å². The van der Waals surface area contributed by atoms with Crippen LogP contribution in [0.25, 0.3) is 11.3 Å². The van der Waals surface area contributed by atoms with Gasteiger partial charge >= 0.3 is 0 Å². The predicted octanol–water partition coefficient (Wildman–Crippen LogP) is 3.17. The summed E-state index contributed by atoms with van der Waals surface area (Å²) in [5.41, 5.74) is 4.67. The lowest BCUT2D eigenvalue weighted by Crippen LogP contribution is -2.14. The second-order valence-corrected chi connectivity index (χ2v) is 4.93. The summed E-state index contributed by atoms with van der Waals surface area (Å²) >= 11 is 0. The highest BCUT2D eigenvalue weighted by atomic mass is 15.1. The lowest BCUT2D eigenvalue weighted by atomic mass is 10.1. The number of hydrogen-bond donors (Lipinski definition) is 2. The van der Waals surface area contributed by atoms with E-state index in [-0.39, 0.29) is 0 Å². The van der Waals surface area contributed by atoms with Crippen LogP contribution in [0.2, 0.25) is 0 Å². The van der Waals surface area contributed by atoms with E-state index < -0.39 is 0 Å². The molecule has 104 valence electrons. The second-order valence-electron chi connectivity index (χ2n) is 4.93. The van der Waals surface area contributed by atoms with Crippen molar-refractivity contribution in [2.75, 3.05) is 6.54 Å². The normalized spacial score (nSPS) is 10.4. The Morgan fingerprint density at radius 1 is 1.25 bits per heavy atom. The van der Waals surface area contributed by atoms with Crippen LogP contribution in [0.3, 0.4) is 0 Å². The largest absolute Gasteiger partial charge is 0.313 e. The molecule has 0 bridgehead atoms. The number of aryl methyl sites for hydroxylation is 1. The van der Waals surface area contributed by atoms with Crippen LogP contribution in [0.5, 0.6) is 0 Å². The molecule has 0 atom stereocenters. The van der Waals surface area contributed by atoms with Crippen molar-refractivity contribution in [3.63, 3.8) is 0 Å². The monoisotopic (exact) mass is 268 g/mol. The first-order valence-electron chi connectivity index (χ1n) is 6.98. The third-order valence-corrected chi connectivity index (χ3v) is 3.27. The Balaban J connectivity index is 1.89. The van der Waals surface area contributed by atoms with Gasteiger partial charge in [-0.2, -0.15) is 10.4 Å². The molecule has 0 fully saturated rings. The first-order valence-corrected chi connectivity index (χ1v) is 6.98. The summed E-state index contributed by atoms with van der Waals surface area (Å²) in [4.78, 5) is 0. The van der Waals surface area contributed by atoms with Crippen molar-refractivity contribution < 1.29 is 0 Å². The van der Waals surface area contributed by atoms with E-state index in [1.807, 2.05) is 6.20 Å². The summed E-state index contributed by atoms with van der Waals surface area (Å²) in [5, 5.41) is 19.1. The molecule has 20 heavy (non-hydrogen) atoms. The van der Waals surface area contributed by atoms with Crippen LogP contribution in [0, 0.1) is 18.3 Å². The number of aromatic amines is 1. The zero-order valence-electron chi connectivity index (χ0n) is 11.8. The second kappa shape index (κ2) is 7.46. The fraction of sp³-hybridized carbons (Fsp3) is 0.375. The molecule has 0 aliphatic carbocycles. The molecule has 0 saturated heterocycles. The molecule has 0 radical (unpaired) electrons. The molecular weight excluding hydrogens is 248 g/mol. The van der Waals surface area contributed by atoms with Crippen LogP contribution < -0.4 is 5.32 Å². The number of unbranched alkanes of at least 4 members (excludes halogenated alkanes) is 2. The predicted molar refractivity (Wildman–Crippen MR) is 79.9 cm³/mol. The van der Waals surface area contributed by atoms with Gasteiger partial charge in [-0.25, -0.2) is 0 Å². The van der Waals surface area contributed by atoms with Crippen molar-refractivity contribution in [1.82, 2.24) is 15.5 Å². The van der Waals surface area contributed by atoms with E-state index in [0.717, 1.165) is 37.2 Å². The number of benzene rings is 1. The molecule has 1 heterocycles. The van der Waals surface area contributed by atoms with Gasteiger partial charge in [-0.15, -0.1) is 0 Å². The quantitative estimate of drug-likeness (QED) is 0.758. The molecule has 0 aliphatic rings. The number of nitriles is 1. The maximum Gasteiger partial charge on any atom is 0.0695 e. The minimum atomic E-state index is 0.641. The summed E-state index contributed by atoms with van der Waals surface area (Å²) in [6, 6.07) is 10.6. The van der Waals surface area contributed by atoms with Crippen LogP contribution in [0.1, 0.15) is 30.4 Å². The molecule has 0 spiro atoms. The minimum absolute atomic E-state index is 0.641. The van der Waals surface area contributed by atoms with Crippen molar-refractivity contribution in [3.8, 4) is 17.3 Å². The summed E-state index contributed by atoms with van der Waals surface area (Å²) in [6.07, 6.45) is 4.50. The van der Waals surface area contributed by atoms with E-state index in [4.69, 9.17) is 5.26 Å². The van der Waals surface area contributed by atoms with Crippen molar-refractivity contribution in [2.45, 2.75) is 32.7 Å². The number of H-pyrrole nitrogens is 1. The SMILES string of the molecule is Cc1ccc(-c2[nH]ncc2CNCCCCC#N)cc1. The highest BCUT2D eigenvalue weighted by Crippen LogP contribution is 2.21. The van der Waals surface area contributed by atoms with Crippen molar-refractivity contribution in [3.05, 3.63) is 41.6 Å². The van der Waals surface area contributed by atoms with Gasteiger partial charge < -0.3 is 5.32 Å². The molecule has 2 aromatic rings. The zero-order chi connectivity index (χ0) is 14.2. The van der Waals surface area contributed by atoms with E-state index in [1.165, 1.54) is 11.1 Å². The highest BCUT2D eigenvalue weighted by molar-refractivity contribution is 5.62. The molecule has 1 aromatic carbocycles. The standard InChI is InChI=1S/C16H20N4/c1-13-5-7-14(8-6-13)16-15(12-19-20-16)11-18-10-4-2-3-9-17/h5-8,12,18H,2-4,10-11H2,1H3,(H,19,20). The van der Waals surface area contributed by atoms with Crippen molar-refractivity contribution in [2.24, 2.45) is 0 Å². The number of hydrogen-bond acceptors (Lipinski definition) is 3. The van der Waals surface area contributed by atoms with E-state index in [2.05, 4.69) is 52.8 Å². The van der Waals surface area contributed by atoms with Crippen molar-refractivity contribution >= 4 is 0 Å². The van der Waals surface area contributed by atoms with E-state index in [9.17, 15) is 0 Å². The average Bonchev–Trinajstić information content (AvgIpc) is 2.92. The van der Waals surface area contributed by atoms with Gasteiger partial charge in [0.1, 0.15) is 0 Å². The lowest BCUT2D eigenvalue weighted by Gasteiger charge is -2.05. The molecule has 4 nitrogen and oxygen atoms in total. The number of nitrogens with one attached hydrogen (secondary N) is 2. The molecule has 0 amide bonds. The summed E-state index contributed by atoms with van der Waals surface area (Å²) < 4.78 is 0. The number of nitrogens with zero attached hydrogens (tertiary/aromatic N) is 2. The summed E-state index contributed by atoms with van der Waals surface area (Å²) in [7, 11) is 0. The minimum Gasteiger partial charge on any atom is -0.313 e. The summed E-state index contributed by atoms with van der Waals surface area (Å²) in [6.45, 7) is 3.81. The Morgan fingerprint density at radius 2 is 2.05 bits per heavy atom. The molecule has 2 N–H and O–H groups in total. The van der Waals surface area contributed by atoms with E-state index >= 15 is 0 Å².